The molecule has 15 heavy (non-hydrogen) atoms. The molecule has 0 bridgehead atoms. The van der Waals surface area contributed by atoms with Gasteiger partial charge in [0.25, 0.3) is 0 Å². The molecular weight excluding hydrogens is 186 g/mol. The number of aliphatic imine (C=N–C) groups is 1. The van der Waals surface area contributed by atoms with E-state index in [1.54, 1.807) is 6.92 Å². The van der Waals surface area contributed by atoms with E-state index in [1.807, 2.05) is 13.1 Å². The third kappa shape index (κ3) is 3.43. The fourth-order valence-electron chi connectivity index (χ4n) is 1.32. The first-order valence-electron chi connectivity index (χ1n) is 4.89. The Kier molecular flexibility index (Phi) is 3.87. The zero-order chi connectivity index (χ0) is 11.3. The topological polar surface area (TPSA) is 48.2 Å². The summed E-state index contributed by atoms with van der Waals surface area (Å²) in [7, 11) is 0. The number of aryl methyl sites for hydroxylation is 1. The lowest BCUT2D eigenvalue weighted by atomic mass is 10.1. The summed E-state index contributed by atoms with van der Waals surface area (Å²) in [6.45, 7) is 5.85. The minimum atomic E-state index is 0.0754. The van der Waals surface area contributed by atoms with Gasteiger partial charge in [-0.1, -0.05) is 29.8 Å². The number of amidine groups is 1. The van der Waals surface area contributed by atoms with Gasteiger partial charge in [0.2, 0.25) is 0 Å². The Morgan fingerprint density at radius 3 is 2.53 bits per heavy atom. The maximum absolute atomic E-state index is 8.41. The van der Waals surface area contributed by atoms with E-state index < -0.39 is 0 Å². The molecule has 0 saturated heterocycles. The van der Waals surface area contributed by atoms with Gasteiger partial charge in [-0.05, 0) is 26.3 Å². The molecule has 1 aromatic carbocycles. The average molecular weight is 201 g/mol. The molecule has 1 atom stereocenters. The summed E-state index contributed by atoms with van der Waals surface area (Å²) in [4.78, 5) is 4.35. The third-order valence-electron chi connectivity index (χ3n) is 2.18. The highest BCUT2D eigenvalue weighted by molar-refractivity contribution is 5.81. The smallest absolute Gasteiger partial charge is 0.182 e. The van der Waals surface area contributed by atoms with Crippen molar-refractivity contribution in [3.05, 3.63) is 35.4 Å². The molecule has 0 heterocycles. The van der Waals surface area contributed by atoms with Crippen LogP contribution in [0.15, 0.2) is 29.3 Å². The summed E-state index contributed by atoms with van der Waals surface area (Å²) in [5.74, 6) is 0.644. The molecule has 0 amide bonds. The highest BCUT2D eigenvalue weighted by Crippen LogP contribution is 2.16. The zero-order valence-corrected chi connectivity index (χ0v) is 9.28. The fraction of sp³-hybridized carbons (Fsp3) is 0.333. The summed E-state index contributed by atoms with van der Waals surface area (Å²) >= 11 is 0. The normalized spacial score (nSPS) is 13.1. The maximum atomic E-state index is 8.41. The number of nitriles is 1. The summed E-state index contributed by atoms with van der Waals surface area (Å²) in [6, 6.07) is 8.32. The quantitative estimate of drug-likeness (QED) is 0.346. The van der Waals surface area contributed by atoms with Crippen molar-refractivity contribution in [2.45, 2.75) is 26.8 Å². The first-order chi connectivity index (χ1) is 7.13. The Morgan fingerprint density at radius 2 is 2.00 bits per heavy atom. The van der Waals surface area contributed by atoms with Crippen LogP contribution < -0.4 is 5.32 Å². The molecule has 0 saturated carbocycles. The Labute approximate surface area is 90.5 Å². The van der Waals surface area contributed by atoms with E-state index in [0.29, 0.717) is 5.84 Å². The van der Waals surface area contributed by atoms with Crippen molar-refractivity contribution >= 4 is 5.84 Å². The summed E-state index contributed by atoms with van der Waals surface area (Å²) in [5, 5.41) is 10.9. The second-order valence-corrected chi connectivity index (χ2v) is 3.54. The van der Waals surface area contributed by atoms with Crippen molar-refractivity contribution in [2.75, 3.05) is 0 Å². The lowest BCUT2D eigenvalue weighted by Crippen LogP contribution is -2.14. The molecule has 0 aliphatic heterocycles. The van der Waals surface area contributed by atoms with Crippen molar-refractivity contribution in [2.24, 2.45) is 4.99 Å². The lowest BCUT2D eigenvalue weighted by Gasteiger charge is -2.08. The van der Waals surface area contributed by atoms with Gasteiger partial charge in [0.15, 0.2) is 6.19 Å². The van der Waals surface area contributed by atoms with Crippen LogP contribution in [0, 0.1) is 18.4 Å². The van der Waals surface area contributed by atoms with E-state index in [1.165, 1.54) is 5.56 Å². The van der Waals surface area contributed by atoms with E-state index in [2.05, 4.69) is 41.5 Å². The monoisotopic (exact) mass is 201 g/mol. The maximum Gasteiger partial charge on any atom is 0.182 e. The molecule has 0 aliphatic carbocycles. The highest BCUT2D eigenvalue weighted by atomic mass is 15.0. The third-order valence-corrected chi connectivity index (χ3v) is 2.18. The molecule has 78 valence electrons. The molecule has 3 heteroatoms. The SMILES string of the molecule is CC(=NC(C)c1ccc(C)cc1)NC#N. The Balaban J connectivity index is 2.77. The van der Waals surface area contributed by atoms with Gasteiger partial charge in [-0.2, -0.15) is 5.26 Å². The van der Waals surface area contributed by atoms with Crippen LogP contribution in [-0.4, -0.2) is 5.84 Å². The van der Waals surface area contributed by atoms with Crippen LogP contribution in [0.2, 0.25) is 0 Å². The number of benzene rings is 1. The largest absolute Gasteiger partial charge is 0.281 e. The number of nitrogens with one attached hydrogen (secondary N) is 1. The van der Waals surface area contributed by atoms with Gasteiger partial charge in [0, 0.05) is 0 Å². The number of hydrogen-bond donors (Lipinski definition) is 1. The first-order valence-corrected chi connectivity index (χ1v) is 4.89. The Morgan fingerprint density at radius 1 is 1.40 bits per heavy atom. The average Bonchev–Trinajstić information content (AvgIpc) is 2.18. The van der Waals surface area contributed by atoms with Crippen LogP contribution in [-0.2, 0) is 0 Å². The molecule has 0 aromatic heterocycles. The standard InChI is InChI=1S/C12H15N3/c1-9-4-6-12(7-5-9)10(2)15-11(3)14-8-13/h4-7,10H,1-3H3,(H,14,15). The molecule has 1 aromatic rings. The van der Waals surface area contributed by atoms with Crippen molar-refractivity contribution < 1.29 is 0 Å². The highest BCUT2D eigenvalue weighted by Gasteiger charge is 2.02. The minimum absolute atomic E-state index is 0.0754. The molecule has 0 spiro atoms. The van der Waals surface area contributed by atoms with Gasteiger partial charge in [-0.15, -0.1) is 0 Å². The zero-order valence-electron chi connectivity index (χ0n) is 9.28. The van der Waals surface area contributed by atoms with Crippen LogP contribution in [0.1, 0.15) is 31.0 Å². The van der Waals surface area contributed by atoms with E-state index in [0.717, 1.165) is 5.56 Å². The van der Waals surface area contributed by atoms with Crippen LogP contribution in [0.3, 0.4) is 0 Å². The molecule has 1 unspecified atom stereocenters. The number of nitrogens with zero attached hydrogens (tertiary/aromatic N) is 2. The Hall–Kier alpha value is -1.82. The first kappa shape index (κ1) is 11.3. The van der Waals surface area contributed by atoms with E-state index >= 15 is 0 Å². The predicted molar refractivity (Wildman–Crippen MR) is 61.5 cm³/mol. The van der Waals surface area contributed by atoms with Crippen LogP contribution >= 0.6 is 0 Å². The van der Waals surface area contributed by atoms with Crippen molar-refractivity contribution in [1.82, 2.24) is 5.32 Å². The van der Waals surface area contributed by atoms with Gasteiger partial charge in [-0.25, -0.2) is 0 Å². The van der Waals surface area contributed by atoms with Crippen molar-refractivity contribution in [3.8, 4) is 6.19 Å². The van der Waals surface area contributed by atoms with E-state index in [-0.39, 0.29) is 6.04 Å². The van der Waals surface area contributed by atoms with E-state index in [9.17, 15) is 0 Å². The molecule has 0 fully saturated rings. The molecule has 0 radical (unpaired) electrons. The minimum Gasteiger partial charge on any atom is -0.281 e. The lowest BCUT2D eigenvalue weighted by molar-refractivity contribution is 0.812. The fourth-order valence-corrected chi connectivity index (χ4v) is 1.32. The number of rotatable bonds is 2. The summed E-state index contributed by atoms with van der Waals surface area (Å²) in [5.41, 5.74) is 2.39. The second-order valence-electron chi connectivity index (χ2n) is 3.54. The molecule has 1 N–H and O–H groups in total. The van der Waals surface area contributed by atoms with Crippen molar-refractivity contribution in [3.63, 3.8) is 0 Å². The molecular formula is C12H15N3. The van der Waals surface area contributed by atoms with Crippen LogP contribution in [0.5, 0.6) is 0 Å². The van der Waals surface area contributed by atoms with Crippen LogP contribution in [0.25, 0.3) is 0 Å². The summed E-state index contributed by atoms with van der Waals surface area (Å²) in [6.07, 6.45) is 1.85. The Bertz CT molecular complexity index is 384. The molecule has 0 aliphatic rings. The van der Waals surface area contributed by atoms with Gasteiger partial charge < -0.3 is 0 Å². The van der Waals surface area contributed by atoms with Gasteiger partial charge >= 0.3 is 0 Å². The second kappa shape index (κ2) is 5.16. The van der Waals surface area contributed by atoms with E-state index in [4.69, 9.17) is 5.26 Å². The summed E-state index contributed by atoms with van der Waals surface area (Å²) < 4.78 is 0. The van der Waals surface area contributed by atoms with Gasteiger partial charge in [0.05, 0.1) is 6.04 Å². The van der Waals surface area contributed by atoms with Crippen molar-refractivity contribution in [1.29, 1.82) is 5.26 Å². The number of hydrogen-bond acceptors (Lipinski definition) is 2. The van der Waals surface area contributed by atoms with Gasteiger partial charge in [-0.3, -0.25) is 10.3 Å². The van der Waals surface area contributed by atoms with Gasteiger partial charge in [0.1, 0.15) is 5.84 Å². The molecule has 1 rings (SSSR count). The van der Waals surface area contributed by atoms with Crippen LogP contribution in [0.4, 0.5) is 0 Å². The molecule has 3 nitrogen and oxygen atoms in total. The predicted octanol–water partition coefficient (Wildman–Crippen LogP) is 2.55.